The lowest BCUT2D eigenvalue weighted by molar-refractivity contribution is -0.203. The van der Waals surface area contributed by atoms with Crippen LogP contribution in [0.2, 0.25) is 0 Å². The number of fused-ring (bicyclic) bond motifs is 6. The van der Waals surface area contributed by atoms with E-state index in [0.717, 1.165) is 27.7 Å². The third-order valence-corrected chi connectivity index (χ3v) is 18.4. The molecule has 1 saturated carbocycles. The second kappa shape index (κ2) is 18.3. The van der Waals surface area contributed by atoms with Crippen LogP contribution in [0.1, 0.15) is 103 Å². The Morgan fingerprint density at radius 1 is 1.03 bits per heavy atom. The van der Waals surface area contributed by atoms with Crippen molar-refractivity contribution < 1.29 is 53.8 Å². The summed E-state index contributed by atoms with van der Waals surface area (Å²) in [5.41, 5.74) is -3.98. The first-order chi connectivity index (χ1) is 35.0. The number of esters is 1. The summed E-state index contributed by atoms with van der Waals surface area (Å²) in [6, 6.07) is 9.99. The zero-order chi connectivity index (χ0) is 53.1. The number of aromatic amines is 1. The molecule has 7 heterocycles. The number of piperidine rings is 1. The van der Waals surface area contributed by atoms with Crippen molar-refractivity contribution >= 4 is 34.6 Å². The number of likely N-dealkylation sites (N-methyl/N-ethyl adjacent to an activating group) is 1. The molecule has 1 aliphatic carbocycles. The Hall–Kier alpha value is -5.01. The number of aliphatic hydroxyl groups is 4. The summed E-state index contributed by atoms with van der Waals surface area (Å²) >= 11 is 0. The van der Waals surface area contributed by atoms with Crippen LogP contribution in [0.5, 0.6) is 5.75 Å². The number of nitrogens with zero attached hydrogens (tertiary/aromatic N) is 4. The van der Waals surface area contributed by atoms with Crippen LogP contribution in [-0.4, -0.2) is 178 Å². The van der Waals surface area contributed by atoms with E-state index in [2.05, 4.69) is 32.2 Å². The number of anilines is 1. The molecule has 3 aromatic rings. The normalized spacial score (nSPS) is 35.5. The number of carbonyl (C=O) groups excluding carboxylic acids is 3. The molecule has 2 bridgehead atoms. The summed E-state index contributed by atoms with van der Waals surface area (Å²) in [5.74, 6) is -0.947. The number of rotatable bonds is 10. The Morgan fingerprint density at radius 2 is 1.78 bits per heavy atom. The number of ether oxygens (including phenoxy) is 4. The number of aromatic nitrogens is 1. The number of amides is 2. The average Bonchev–Trinajstić information content (AvgIpc) is 4.11. The van der Waals surface area contributed by atoms with Crippen molar-refractivity contribution in [1.29, 1.82) is 0 Å². The van der Waals surface area contributed by atoms with E-state index in [4.69, 9.17) is 18.9 Å². The monoisotopic (exact) mass is 1020 g/mol. The summed E-state index contributed by atoms with van der Waals surface area (Å²) in [4.78, 5) is 56.0. The van der Waals surface area contributed by atoms with Crippen LogP contribution in [0.4, 0.5) is 10.5 Å². The quantitative estimate of drug-likeness (QED) is 0.121. The highest BCUT2D eigenvalue weighted by Crippen LogP contribution is 2.67. The number of carbonyl (C=O) groups is 3. The second-order valence-corrected chi connectivity index (χ2v) is 23.9. The highest BCUT2D eigenvalue weighted by Gasteiger charge is 2.78. The molecule has 0 radical (unpaired) electrons. The molecule has 402 valence electrons. The van der Waals surface area contributed by atoms with Crippen LogP contribution in [0.25, 0.3) is 10.9 Å². The zero-order valence-electron chi connectivity index (χ0n) is 44.9. The van der Waals surface area contributed by atoms with Crippen molar-refractivity contribution in [2.75, 3.05) is 72.0 Å². The van der Waals surface area contributed by atoms with Gasteiger partial charge in [-0.05, 0) is 109 Å². The van der Waals surface area contributed by atoms with Crippen LogP contribution in [-0.2, 0) is 41.1 Å². The van der Waals surface area contributed by atoms with Gasteiger partial charge in [0.1, 0.15) is 28.6 Å². The maximum Gasteiger partial charge on any atom is 0.413 e. The Labute approximate surface area is 434 Å². The van der Waals surface area contributed by atoms with Crippen LogP contribution >= 0.6 is 0 Å². The van der Waals surface area contributed by atoms with Crippen LogP contribution in [0.3, 0.4) is 0 Å². The SMILES string of the molecule is CC[C@]1(O)CC2CN(CCc3c([nH]c4ccccc34)[C@@](C(=O)OC)(c3cc4c(cc3OC)N(C)C3C(O)(C(=O)NCC=C[C@@H](O)[C@H]5COC(C)(C)N5C(=O)OC(C)(C)C)[C@H](O)[C@]5(CC)C=CCN6CCC43[C@@H]65)C2)C1. The molecule has 4 fully saturated rings. The van der Waals surface area contributed by atoms with Crippen LogP contribution in [0, 0.1) is 11.3 Å². The van der Waals surface area contributed by atoms with Gasteiger partial charge >= 0.3 is 12.1 Å². The number of para-hydroxylation sites is 1. The predicted octanol–water partition coefficient (Wildman–Crippen LogP) is 4.65. The molecule has 3 saturated heterocycles. The largest absolute Gasteiger partial charge is 0.496 e. The minimum atomic E-state index is -2.41. The van der Waals surface area contributed by atoms with Crippen molar-refractivity contribution in [1.82, 2.24) is 25.0 Å². The van der Waals surface area contributed by atoms with Crippen molar-refractivity contribution in [2.45, 2.75) is 151 Å². The van der Waals surface area contributed by atoms with Crippen molar-refractivity contribution in [3.63, 3.8) is 0 Å². The lowest BCUT2D eigenvalue weighted by Gasteiger charge is -2.63. The summed E-state index contributed by atoms with van der Waals surface area (Å²) < 4.78 is 24.0. The van der Waals surface area contributed by atoms with E-state index in [1.165, 1.54) is 18.1 Å². The van der Waals surface area contributed by atoms with Gasteiger partial charge in [0, 0.05) is 90.6 Å². The summed E-state index contributed by atoms with van der Waals surface area (Å²) in [6.07, 6.45) is 6.62. The smallest absolute Gasteiger partial charge is 0.413 e. The predicted molar refractivity (Wildman–Crippen MR) is 279 cm³/mol. The first kappa shape index (κ1) is 52.4. The first-order valence-corrected chi connectivity index (χ1v) is 26.7. The van der Waals surface area contributed by atoms with Gasteiger partial charge in [-0.2, -0.15) is 0 Å². The van der Waals surface area contributed by atoms with Crippen molar-refractivity contribution in [3.8, 4) is 5.75 Å². The summed E-state index contributed by atoms with van der Waals surface area (Å²) in [7, 11) is 4.87. The number of hydrogen-bond donors (Lipinski definition) is 6. The van der Waals surface area contributed by atoms with E-state index in [9.17, 15) is 25.2 Å². The van der Waals surface area contributed by atoms with Gasteiger partial charge in [0.05, 0.1) is 44.6 Å². The number of methoxy groups -OCH3 is 2. The number of H-pyrrole nitrogens is 1. The van der Waals surface area contributed by atoms with E-state index in [1.54, 1.807) is 47.8 Å². The fourth-order valence-electron chi connectivity index (χ4n) is 15.4. The van der Waals surface area contributed by atoms with Gasteiger partial charge < -0.3 is 54.6 Å². The lowest BCUT2D eigenvalue weighted by atomic mass is 9.47. The molecule has 10 rings (SSSR count). The van der Waals surface area contributed by atoms with E-state index in [-0.39, 0.29) is 25.1 Å². The molecule has 1 aromatic heterocycles. The fraction of sp³-hybridized carbons (Fsp3) is 0.632. The number of hydrogen-bond acceptors (Lipinski definition) is 14. The molecular weight excluding hydrogens is 945 g/mol. The van der Waals surface area contributed by atoms with Gasteiger partial charge in [0.25, 0.3) is 5.91 Å². The second-order valence-electron chi connectivity index (χ2n) is 23.9. The molecule has 2 aromatic carbocycles. The summed E-state index contributed by atoms with van der Waals surface area (Å²) in [6.45, 7) is 15.9. The maximum atomic E-state index is 15.5. The van der Waals surface area contributed by atoms with Crippen LogP contribution < -0.4 is 15.0 Å². The molecule has 74 heavy (non-hydrogen) atoms. The molecule has 2 amide bonds. The molecule has 12 atom stereocenters. The van der Waals surface area contributed by atoms with Crippen molar-refractivity contribution in [2.24, 2.45) is 11.3 Å². The molecule has 17 nitrogen and oxygen atoms in total. The summed E-state index contributed by atoms with van der Waals surface area (Å²) in [5, 5.41) is 54.2. The maximum absolute atomic E-state index is 15.5. The third kappa shape index (κ3) is 7.67. The Kier molecular flexibility index (Phi) is 13.0. The van der Waals surface area contributed by atoms with E-state index in [0.29, 0.717) is 88.2 Å². The van der Waals surface area contributed by atoms with Gasteiger partial charge in [0.15, 0.2) is 5.60 Å². The lowest BCUT2D eigenvalue weighted by Crippen LogP contribution is -2.81. The van der Waals surface area contributed by atoms with Gasteiger partial charge in [-0.15, -0.1) is 0 Å². The fourth-order valence-corrected chi connectivity index (χ4v) is 15.4. The minimum Gasteiger partial charge on any atom is -0.496 e. The molecule has 17 heteroatoms. The van der Waals surface area contributed by atoms with Gasteiger partial charge in [-0.3, -0.25) is 24.3 Å². The van der Waals surface area contributed by atoms with Crippen LogP contribution in [0.15, 0.2) is 60.7 Å². The topological polar surface area (TPSA) is 210 Å². The Balaban J connectivity index is 1.09. The number of nitrogens with one attached hydrogen (secondary N) is 2. The first-order valence-electron chi connectivity index (χ1n) is 26.7. The standard InChI is InChI=1S/C57H78N6O11/c1-11-53(69)29-34-30-56(49(67)72-10,44-36(20-25-61(31-34)33-53)35-17-13-14-18-39(35)59-44)38-27-37-40(28-43(38)71-9)60(8)46-55(37)22-26-62-24-16-21-54(12-2,45(55)62)47(65)57(46,70)48(66)58-23-15-19-42(64)41-32-73-52(6,7)63(41)50(68)74-51(3,4)5/h13-19,21,27-28,34,41-42,45-47,59,64-65,69-70H,11-12,20,22-26,29-33H2,1-10H3,(H,58,66)/t34?,41-,42-,45+,46?,47-,53+,54-,55?,56+,57?/m1/s1. The highest BCUT2D eigenvalue weighted by molar-refractivity contribution is 5.95. The van der Waals surface area contributed by atoms with Gasteiger partial charge in [-0.1, -0.05) is 56.4 Å². The molecular formula is C57H78N6O11. The average molecular weight is 1020 g/mol. The molecule has 6 N–H and O–H groups in total. The number of aliphatic hydroxyl groups excluding tert-OH is 2. The molecule has 1 spiro atoms. The molecule has 5 unspecified atom stereocenters. The number of benzene rings is 2. The third-order valence-electron chi connectivity index (χ3n) is 18.4. The highest BCUT2D eigenvalue weighted by atomic mass is 16.6. The van der Waals surface area contributed by atoms with E-state index >= 15 is 9.59 Å². The molecule has 6 aliphatic heterocycles. The van der Waals surface area contributed by atoms with Crippen molar-refractivity contribution in [3.05, 3.63) is 83.1 Å². The Morgan fingerprint density at radius 3 is 2.49 bits per heavy atom. The van der Waals surface area contributed by atoms with Gasteiger partial charge in [-0.25, -0.2) is 4.79 Å². The van der Waals surface area contributed by atoms with E-state index < -0.39 is 81.0 Å². The molecule has 7 aliphatic rings. The Bertz CT molecular complexity index is 2770. The zero-order valence-corrected chi connectivity index (χ0v) is 44.9. The van der Waals surface area contributed by atoms with Gasteiger partial charge in [0.2, 0.25) is 0 Å². The minimum absolute atomic E-state index is 0.0507. The van der Waals surface area contributed by atoms with E-state index in [1.807, 2.05) is 62.2 Å².